The summed E-state index contributed by atoms with van der Waals surface area (Å²) in [6.45, 7) is 5.77. The molecule has 0 bridgehead atoms. The van der Waals surface area contributed by atoms with Gasteiger partial charge in [0.15, 0.2) is 5.78 Å². The number of ketones is 1. The molecule has 21 heavy (non-hydrogen) atoms. The van der Waals surface area contributed by atoms with E-state index in [9.17, 15) is 4.79 Å². The van der Waals surface area contributed by atoms with Crippen molar-refractivity contribution < 1.29 is 9.90 Å². The number of aromatic amines is 1. The van der Waals surface area contributed by atoms with Crippen LogP contribution in [0.2, 0.25) is 0 Å². The molecule has 1 heterocycles. The second-order valence-corrected chi connectivity index (χ2v) is 4.64. The minimum absolute atomic E-state index is 0.209. The van der Waals surface area contributed by atoms with Crippen LogP contribution in [0.1, 0.15) is 19.0 Å². The molecule has 5 heteroatoms. The Morgan fingerprint density at radius 2 is 2.43 bits per heavy atom. The van der Waals surface area contributed by atoms with Crippen LogP contribution in [-0.2, 0) is 11.2 Å². The lowest BCUT2D eigenvalue weighted by Gasteiger charge is -2.17. The van der Waals surface area contributed by atoms with E-state index in [-0.39, 0.29) is 5.78 Å². The van der Waals surface area contributed by atoms with Gasteiger partial charge in [-0.15, -0.1) is 0 Å². The lowest BCUT2D eigenvalue weighted by molar-refractivity contribution is -0.123. The number of carbonyl (C=O) groups excluding carboxylic acids is 1. The van der Waals surface area contributed by atoms with Gasteiger partial charge in [0.05, 0.1) is 12.4 Å². The van der Waals surface area contributed by atoms with E-state index in [2.05, 4.69) is 21.9 Å². The normalized spacial score (nSPS) is 13.5. The van der Waals surface area contributed by atoms with Gasteiger partial charge in [-0.25, -0.2) is 4.98 Å². The fourth-order valence-corrected chi connectivity index (χ4v) is 2.01. The first-order valence-electron chi connectivity index (χ1n) is 6.99. The highest BCUT2D eigenvalue weighted by Crippen LogP contribution is 2.09. The van der Waals surface area contributed by atoms with Crippen molar-refractivity contribution in [3.63, 3.8) is 0 Å². The van der Waals surface area contributed by atoms with Crippen LogP contribution in [0.25, 0.3) is 0 Å². The molecule has 0 saturated carbocycles. The minimum atomic E-state index is -0.459. The number of hydrogen-bond acceptors (Lipinski definition) is 4. The van der Waals surface area contributed by atoms with Crippen molar-refractivity contribution in [1.82, 2.24) is 15.3 Å². The smallest absolute Gasteiger partial charge is 0.175 e. The predicted molar refractivity (Wildman–Crippen MR) is 83.9 cm³/mol. The van der Waals surface area contributed by atoms with E-state index in [4.69, 9.17) is 5.11 Å². The van der Waals surface area contributed by atoms with Gasteiger partial charge >= 0.3 is 0 Å². The molecule has 114 valence electrons. The van der Waals surface area contributed by atoms with Crippen LogP contribution in [0, 0.1) is 0 Å². The summed E-state index contributed by atoms with van der Waals surface area (Å²) < 4.78 is 0. The molecule has 0 radical (unpaired) electrons. The highest BCUT2D eigenvalue weighted by atomic mass is 16.3. The zero-order chi connectivity index (χ0) is 15.5. The Labute approximate surface area is 125 Å². The third-order valence-corrected chi connectivity index (χ3v) is 3.04. The van der Waals surface area contributed by atoms with Crippen LogP contribution in [0.4, 0.5) is 0 Å². The van der Waals surface area contributed by atoms with Gasteiger partial charge in [-0.3, -0.25) is 4.79 Å². The number of Topliss-reactive ketones (excluding diaryl/α,β-unsaturated/α-hetero) is 1. The number of aromatic nitrogens is 2. The zero-order valence-electron chi connectivity index (χ0n) is 12.4. The van der Waals surface area contributed by atoms with Crippen molar-refractivity contribution in [3.05, 3.63) is 54.7 Å². The Morgan fingerprint density at radius 3 is 3.00 bits per heavy atom. The summed E-state index contributed by atoms with van der Waals surface area (Å²) >= 11 is 0. The molecule has 0 aromatic carbocycles. The molecule has 5 nitrogen and oxygen atoms in total. The van der Waals surface area contributed by atoms with Crippen LogP contribution < -0.4 is 5.32 Å². The van der Waals surface area contributed by atoms with Crippen LogP contribution in [0.15, 0.2) is 49.0 Å². The number of nitrogens with zero attached hydrogens (tertiary/aromatic N) is 1. The second kappa shape index (κ2) is 9.85. The summed E-state index contributed by atoms with van der Waals surface area (Å²) in [4.78, 5) is 18.8. The zero-order valence-corrected chi connectivity index (χ0v) is 12.4. The van der Waals surface area contributed by atoms with E-state index in [1.807, 2.05) is 25.2 Å². The van der Waals surface area contributed by atoms with E-state index in [0.717, 1.165) is 17.7 Å². The molecule has 3 N–H and O–H groups in total. The highest BCUT2D eigenvalue weighted by molar-refractivity contribution is 5.85. The molecule has 0 aliphatic carbocycles. The van der Waals surface area contributed by atoms with Gasteiger partial charge in [0.1, 0.15) is 6.61 Å². The molecule has 1 aromatic rings. The number of allylic oxidation sites excluding steroid dienone is 4. The van der Waals surface area contributed by atoms with Crippen molar-refractivity contribution in [2.45, 2.75) is 25.8 Å². The first-order chi connectivity index (χ1) is 10.2. The third kappa shape index (κ3) is 6.33. The lowest BCUT2D eigenvalue weighted by atomic mass is 10.0. The average molecular weight is 289 g/mol. The molecule has 0 amide bonds. The highest BCUT2D eigenvalue weighted by Gasteiger charge is 2.17. The number of aliphatic hydroxyl groups excluding tert-OH is 1. The molecule has 1 rings (SSSR count). The van der Waals surface area contributed by atoms with Gasteiger partial charge in [0.25, 0.3) is 0 Å². The number of aliphatic hydroxyl groups is 1. The Bertz CT molecular complexity index is 490. The number of carbonyl (C=O) groups is 1. The predicted octanol–water partition coefficient (Wildman–Crippen LogP) is 1.55. The molecule has 1 unspecified atom stereocenters. The molecule has 0 fully saturated rings. The number of H-pyrrole nitrogens is 1. The largest absolute Gasteiger partial charge is 0.389 e. The van der Waals surface area contributed by atoms with Crippen LogP contribution in [0.3, 0.4) is 0 Å². The second-order valence-electron chi connectivity index (χ2n) is 4.64. The van der Waals surface area contributed by atoms with Crippen molar-refractivity contribution in [2.24, 2.45) is 0 Å². The van der Waals surface area contributed by atoms with Crippen molar-refractivity contribution in [1.29, 1.82) is 0 Å². The molecule has 0 spiro atoms. The summed E-state index contributed by atoms with van der Waals surface area (Å²) in [5.41, 5.74) is 2.00. The molecule has 0 saturated heterocycles. The van der Waals surface area contributed by atoms with Gasteiger partial charge < -0.3 is 15.4 Å². The van der Waals surface area contributed by atoms with E-state index >= 15 is 0 Å². The summed E-state index contributed by atoms with van der Waals surface area (Å²) in [6, 6.07) is -0.402. The van der Waals surface area contributed by atoms with Crippen molar-refractivity contribution in [2.75, 3.05) is 13.2 Å². The van der Waals surface area contributed by atoms with Crippen LogP contribution in [0.5, 0.6) is 0 Å². The molecule has 1 atom stereocenters. The fourth-order valence-electron chi connectivity index (χ4n) is 2.01. The molecule has 0 aliphatic heterocycles. The Kier molecular flexibility index (Phi) is 8.01. The van der Waals surface area contributed by atoms with Gasteiger partial charge in [-0.2, -0.15) is 0 Å². The van der Waals surface area contributed by atoms with Gasteiger partial charge in [0, 0.05) is 24.9 Å². The maximum absolute atomic E-state index is 11.8. The number of nitrogens with one attached hydrogen (secondary N) is 2. The Hall–Kier alpha value is -1.98. The number of hydrogen-bond donors (Lipinski definition) is 3. The summed E-state index contributed by atoms with van der Waals surface area (Å²) in [6.07, 6.45) is 12.1. The maximum Gasteiger partial charge on any atom is 0.175 e. The van der Waals surface area contributed by atoms with E-state index in [1.54, 1.807) is 18.6 Å². The monoisotopic (exact) mass is 289 g/mol. The van der Waals surface area contributed by atoms with Crippen molar-refractivity contribution >= 4 is 5.78 Å². The van der Waals surface area contributed by atoms with E-state index < -0.39 is 12.6 Å². The SMILES string of the molecule is C=C/C=C(\C=C/C)CC(NCCc1cnc[nH]1)C(=O)CO. The standard InChI is InChI=1S/C16H23N3O2/c1-3-5-13(6-4-2)9-15(16(21)11-20)18-8-7-14-10-17-12-19-14/h3-6,10,12,15,18,20H,1,7-9,11H2,2H3,(H,17,19)/b6-4-,13-5+. The first kappa shape index (κ1) is 17.1. The van der Waals surface area contributed by atoms with Gasteiger partial charge in [-0.1, -0.05) is 30.9 Å². The van der Waals surface area contributed by atoms with Crippen LogP contribution in [-0.4, -0.2) is 40.1 Å². The van der Waals surface area contributed by atoms with Gasteiger partial charge in [0.2, 0.25) is 0 Å². The molecular formula is C16H23N3O2. The Morgan fingerprint density at radius 1 is 1.62 bits per heavy atom. The Balaban J connectivity index is 2.60. The van der Waals surface area contributed by atoms with E-state index in [1.165, 1.54) is 0 Å². The maximum atomic E-state index is 11.8. The van der Waals surface area contributed by atoms with Crippen LogP contribution >= 0.6 is 0 Å². The summed E-state index contributed by atoms with van der Waals surface area (Å²) in [5, 5.41) is 12.3. The minimum Gasteiger partial charge on any atom is -0.389 e. The summed E-state index contributed by atoms with van der Waals surface area (Å²) in [7, 11) is 0. The first-order valence-corrected chi connectivity index (χ1v) is 6.99. The van der Waals surface area contributed by atoms with E-state index in [0.29, 0.717) is 13.0 Å². The third-order valence-electron chi connectivity index (χ3n) is 3.04. The summed E-state index contributed by atoms with van der Waals surface area (Å²) in [5.74, 6) is -0.209. The average Bonchev–Trinajstić information content (AvgIpc) is 2.99. The quantitative estimate of drug-likeness (QED) is 0.571. The topological polar surface area (TPSA) is 78.0 Å². The number of rotatable bonds is 10. The van der Waals surface area contributed by atoms with Crippen molar-refractivity contribution in [3.8, 4) is 0 Å². The number of imidazole rings is 1. The molecular weight excluding hydrogens is 266 g/mol. The molecule has 0 aliphatic rings. The van der Waals surface area contributed by atoms with Gasteiger partial charge in [-0.05, 0) is 18.9 Å². The fraction of sp³-hybridized carbons (Fsp3) is 0.375. The molecule has 1 aromatic heterocycles. The lowest BCUT2D eigenvalue weighted by Crippen LogP contribution is -2.39.